The van der Waals surface area contributed by atoms with Crippen LogP contribution in [-0.4, -0.2) is 31.7 Å². The molecule has 15 heavy (non-hydrogen) atoms. The number of sulfone groups is 1. The summed E-state index contributed by atoms with van der Waals surface area (Å²) in [6.45, 7) is 1.17. The van der Waals surface area contributed by atoms with E-state index >= 15 is 0 Å². The average Bonchev–Trinajstić information content (AvgIpc) is 2.11. The molecule has 0 aromatic rings. The highest BCUT2D eigenvalue weighted by Gasteiger charge is 2.16. The largest absolute Gasteiger partial charge is 0.274 e. The smallest absolute Gasteiger partial charge is 0.253 e. The van der Waals surface area contributed by atoms with E-state index in [2.05, 4.69) is 0 Å². The fourth-order valence-electron chi connectivity index (χ4n) is 0.667. The molecular formula is C7H11N3O4S. The normalized spacial score (nSPS) is 10.1. The Labute approximate surface area is 87.3 Å². The van der Waals surface area contributed by atoms with Gasteiger partial charge in [0.2, 0.25) is 5.91 Å². The molecule has 7 nitrogen and oxygen atoms in total. The maximum absolute atomic E-state index is 11.1. The number of hydrazine groups is 1. The van der Waals surface area contributed by atoms with E-state index in [4.69, 9.17) is 5.26 Å². The van der Waals surface area contributed by atoms with Crippen molar-refractivity contribution in [2.24, 2.45) is 0 Å². The molecule has 0 rings (SSSR count). The number of carbonyl (C=O) groups excluding carboxylic acids is 2. The van der Waals surface area contributed by atoms with Gasteiger partial charge in [0.1, 0.15) is 5.75 Å². The van der Waals surface area contributed by atoms with Crippen molar-refractivity contribution in [3.8, 4) is 6.07 Å². The van der Waals surface area contributed by atoms with Crippen molar-refractivity contribution in [1.29, 1.82) is 5.26 Å². The van der Waals surface area contributed by atoms with E-state index in [0.717, 1.165) is 0 Å². The lowest BCUT2D eigenvalue weighted by atomic mass is 10.6. The second kappa shape index (κ2) is 5.98. The van der Waals surface area contributed by atoms with Crippen molar-refractivity contribution >= 4 is 21.7 Å². The van der Waals surface area contributed by atoms with E-state index in [1.165, 1.54) is 6.92 Å². The summed E-state index contributed by atoms with van der Waals surface area (Å²) < 4.78 is 22.2. The Bertz CT molecular complexity index is 382. The minimum Gasteiger partial charge on any atom is -0.274 e. The third kappa shape index (κ3) is 7.45. The van der Waals surface area contributed by atoms with Gasteiger partial charge < -0.3 is 0 Å². The Morgan fingerprint density at radius 3 is 2.40 bits per heavy atom. The second-order valence-electron chi connectivity index (χ2n) is 2.73. The summed E-state index contributed by atoms with van der Waals surface area (Å²) >= 11 is 0. The lowest BCUT2D eigenvalue weighted by molar-refractivity contribution is -0.126. The van der Waals surface area contributed by atoms with Crippen LogP contribution in [0.3, 0.4) is 0 Å². The fourth-order valence-corrected chi connectivity index (χ4v) is 1.69. The summed E-state index contributed by atoms with van der Waals surface area (Å²) in [5.41, 5.74) is 3.87. The number of nitrogens with zero attached hydrogens (tertiary/aromatic N) is 1. The molecular weight excluding hydrogens is 222 g/mol. The van der Waals surface area contributed by atoms with Gasteiger partial charge in [-0.05, 0) is 0 Å². The Kier molecular flexibility index (Phi) is 5.33. The number of hydrogen-bond acceptors (Lipinski definition) is 5. The molecule has 0 bridgehead atoms. The van der Waals surface area contributed by atoms with E-state index in [0.29, 0.717) is 0 Å². The van der Waals surface area contributed by atoms with Gasteiger partial charge in [-0.3, -0.25) is 20.4 Å². The van der Waals surface area contributed by atoms with Crippen molar-refractivity contribution in [1.82, 2.24) is 10.9 Å². The van der Waals surface area contributed by atoms with Crippen LogP contribution in [0.25, 0.3) is 0 Å². The predicted molar refractivity (Wildman–Crippen MR) is 50.8 cm³/mol. The number of amides is 2. The van der Waals surface area contributed by atoms with Gasteiger partial charge in [-0.2, -0.15) is 5.26 Å². The first-order chi connectivity index (χ1) is 6.87. The van der Waals surface area contributed by atoms with E-state index in [1.807, 2.05) is 10.9 Å². The summed E-state index contributed by atoms with van der Waals surface area (Å²) in [7, 11) is -3.58. The van der Waals surface area contributed by atoms with Crippen LogP contribution in [0.1, 0.15) is 13.3 Å². The standard InChI is InChI=1S/C7H11N3O4S/c1-6(11)9-10-7(12)5-15(13,14)4-2-3-8/h2,4-5H2,1H3,(H,9,11)(H,10,12). The van der Waals surface area contributed by atoms with Crippen LogP contribution in [0.2, 0.25) is 0 Å². The van der Waals surface area contributed by atoms with Gasteiger partial charge in [0.15, 0.2) is 9.84 Å². The zero-order valence-electron chi connectivity index (χ0n) is 8.11. The van der Waals surface area contributed by atoms with Crippen molar-refractivity contribution < 1.29 is 18.0 Å². The molecule has 0 aliphatic carbocycles. The predicted octanol–water partition coefficient (Wildman–Crippen LogP) is -1.52. The summed E-state index contributed by atoms with van der Waals surface area (Å²) in [4.78, 5) is 21.3. The van der Waals surface area contributed by atoms with Gasteiger partial charge >= 0.3 is 0 Å². The SMILES string of the molecule is CC(=O)NNC(=O)CS(=O)(=O)CCC#N. The Morgan fingerprint density at radius 2 is 1.93 bits per heavy atom. The molecule has 0 heterocycles. The molecule has 2 N–H and O–H groups in total. The zero-order chi connectivity index (χ0) is 11.9. The second-order valence-corrected chi connectivity index (χ2v) is 4.91. The van der Waals surface area contributed by atoms with Crippen LogP contribution in [0.5, 0.6) is 0 Å². The van der Waals surface area contributed by atoms with Gasteiger partial charge in [-0.25, -0.2) is 8.42 Å². The molecule has 8 heteroatoms. The maximum Gasteiger partial charge on any atom is 0.253 e. The minimum absolute atomic E-state index is 0.157. The van der Waals surface area contributed by atoms with Gasteiger partial charge in [-0.15, -0.1) is 0 Å². The number of hydrogen-bond donors (Lipinski definition) is 2. The van der Waals surface area contributed by atoms with Crippen molar-refractivity contribution in [2.45, 2.75) is 13.3 Å². The first-order valence-corrected chi connectivity index (χ1v) is 5.82. The zero-order valence-corrected chi connectivity index (χ0v) is 8.93. The molecule has 0 aliphatic heterocycles. The number of nitriles is 1. The first-order valence-electron chi connectivity index (χ1n) is 4.00. The summed E-state index contributed by atoms with van der Waals surface area (Å²) in [5.74, 6) is -2.44. The quantitative estimate of drug-likeness (QED) is 0.572. The molecule has 0 unspecified atom stereocenters. The van der Waals surface area contributed by atoms with Crippen LogP contribution >= 0.6 is 0 Å². The van der Waals surface area contributed by atoms with Crippen LogP contribution in [0.15, 0.2) is 0 Å². The number of nitrogens with one attached hydrogen (secondary N) is 2. The van der Waals surface area contributed by atoms with Crippen molar-refractivity contribution in [3.63, 3.8) is 0 Å². The summed E-state index contributed by atoms with van der Waals surface area (Å²) in [6, 6.07) is 1.67. The number of carbonyl (C=O) groups is 2. The van der Waals surface area contributed by atoms with E-state index in [9.17, 15) is 18.0 Å². The molecule has 0 spiro atoms. The first kappa shape index (κ1) is 13.4. The van der Waals surface area contributed by atoms with E-state index in [1.54, 1.807) is 6.07 Å². The van der Waals surface area contributed by atoms with E-state index in [-0.39, 0.29) is 12.2 Å². The number of rotatable bonds is 4. The highest BCUT2D eigenvalue weighted by molar-refractivity contribution is 7.92. The molecule has 0 aromatic carbocycles. The molecule has 0 radical (unpaired) electrons. The van der Waals surface area contributed by atoms with Gasteiger partial charge in [0.05, 0.1) is 11.8 Å². The Hall–Kier alpha value is -1.62. The Balaban J connectivity index is 4.06. The van der Waals surface area contributed by atoms with Crippen LogP contribution < -0.4 is 10.9 Å². The van der Waals surface area contributed by atoms with Crippen LogP contribution in [-0.2, 0) is 19.4 Å². The molecule has 0 aliphatic rings. The van der Waals surface area contributed by atoms with Crippen molar-refractivity contribution in [3.05, 3.63) is 0 Å². The Morgan fingerprint density at radius 1 is 1.33 bits per heavy atom. The van der Waals surface area contributed by atoms with Crippen molar-refractivity contribution in [2.75, 3.05) is 11.5 Å². The molecule has 0 fully saturated rings. The highest BCUT2D eigenvalue weighted by Crippen LogP contribution is 1.92. The lowest BCUT2D eigenvalue weighted by Gasteiger charge is -2.04. The maximum atomic E-state index is 11.1. The summed E-state index contributed by atoms with van der Waals surface area (Å²) in [5, 5.41) is 8.17. The molecule has 0 atom stereocenters. The molecule has 0 aromatic heterocycles. The minimum atomic E-state index is -3.58. The fraction of sp³-hybridized carbons (Fsp3) is 0.571. The highest BCUT2D eigenvalue weighted by atomic mass is 32.2. The average molecular weight is 233 g/mol. The van der Waals surface area contributed by atoms with Gasteiger partial charge in [0, 0.05) is 13.3 Å². The molecule has 0 saturated carbocycles. The summed E-state index contributed by atoms with van der Waals surface area (Å²) in [6.07, 6.45) is -0.157. The molecule has 84 valence electrons. The lowest BCUT2D eigenvalue weighted by Crippen LogP contribution is -2.43. The third-order valence-electron chi connectivity index (χ3n) is 1.25. The van der Waals surface area contributed by atoms with Gasteiger partial charge in [-0.1, -0.05) is 0 Å². The topological polar surface area (TPSA) is 116 Å². The molecule has 0 saturated heterocycles. The van der Waals surface area contributed by atoms with E-state index < -0.39 is 27.4 Å². The third-order valence-corrected chi connectivity index (χ3v) is 2.78. The van der Waals surface area contributed by atoms with Gasteiger partial charge in [0.25, 0.3) is 5.91 Å². The van der Waals surface area contributed by atoms with Crippen LogP contribution in [0.4, 0.5) is 0 Å². The van der Waals surface area contributed by atoms with Crippen LogP contribution in [0, 0.1) is 11.3 Å². The molecule has 2 amide bonds. The monoisotopic (exact) mass is 233 g/mol.